The predicted octanol–water partition coefficient (Wildman–Crippen LogP) is 6.72. The van der Waals surface area contributed by atoms with Gasteiger partial charge >= 0.3 is 11.9 Å². The largest absolute Gasteiger partial charge is 0.481 e. The van der Waals surface area contributed by atoms with Gasteiger partial charge in [-0.15, -0.1) is 0 Å². The molecule has 2 aliphatic rings. The van der Waals surface area contributed by atoms with E-state index in [-0.39, 0.29) is 25.4 Å². The minimum Gasteiger partial charge on any atom is -0.481 e. The summed E-state index contributed by atoms with van der Waals surface area (Å²) in [6, 6.07) is 13.0. The van der Waals surface area contributed by atoms with Gasteiger partial charge in [-0.05, 0) is 57.9 Å². The molecule has 0 aliphatic carbocycles. The minimum absolute atomic E-state index is 0.00361. The molecule has 0 atom stereocenters. The molecule has 5 N–H and O–H groups in total. The van der Waals surface area contributed by atoms with Gasteiger partial charge in [0, 0.05) is 124 Å². The van der Waals surface area contributed by atoms with Crippen LogP contribution in [0.2, 0.25) is 0 Å². The highest BCUT2D eigenvalue weighted by Gasteiger charge is 2.22. The molecule has 36 nitrogen and oxygen atoms in total. The maximum Gasteiger partial charge on any atom is 0.308 e. The quantitative estimate of drug-likeness (QED) is 0.0263. The summed E-state index contributed by atoms with van der Waals surface area (Å²) in [7, 11) is 0. The molecule has 6 heterocycles. The molecule has 2 aromatic carbocycles. The summed E-state index contributed by atoms with van der Waals surface area (Å²) in [6.07, 6.45) is 8.85. The highest BCUT2D eigenvalue weighted by molar-refractivity contribution is 6.09. The Labute approximate surface area is 720 Å². The number of nitrogens with two attached hydrogens (primary N) is 2. The van der Waals surface area contributed by atoms with Gasteiger partial charge in [0.25, 0.3) is 0 Å². The van der Waals surface area contributed by atoms with Crippen molar-refractivity contribution in [2.75, 3.05) is 351 Å². The third-order valence-electron chi connectivity index (χ3n) is 19.1. The van der Waals surface area contributed by atoms with Crippen molar-refractivity contribution < 1.29 is 114 Å². The van der Waals surface area contributed by atoms with Crippen LogP contribution in [-0.2, 0) is 122 Å². The Morgan fingerprint density at radius 1 is 0.344 bits per heavy atom. The number of nitrogens with zero attached hydrogens (tertiary/aromatic N) is 10. The van der Waals surface area contributed by atoms with Gasteiger partial charge in [-0.1, -0.05) is 38.8 Å². The molecule has 4 aromatic heterocycles. The lowest BCUT2D eigenvalue weighted by Crippen LogP contribution is -2.47. The normalized spacial score (nSPS) is 13.7. The number of fused-ring (bicyclic) bond motifs is 6. The summed E-state index contributed by atoms with van der Waals surface area (Å²) in [5.74, 6) is -0.165. The number of aromatic nitrogens is 6. The van der Waals surface area contributed by atoms with E-state index in [4.69, 9.17) is 126 Å². The molecule has 0 unspecified atom stereocenters. The van der Waals surface area contributed by atoms with E-state index in [9.17, 15) is 9.59 Å². The van der Waals surface area contributed by atoms with E-state index < -0.39 is 11.6 Å². The van der Waals surface area contributed by atoms with E-state index in [1.165, 1.54) is 11.4 Å². The lowest BCUT2D eigenvalue weighted by Gasteiger charge is -2.36. The Balaban J connectivity index is 0.000000336. The number of esters is 1. The van der Waals surface area contributed by atoms with Crippen LogP contribution in [0.15, 0.2) is 48.8 Å². The molecule has 2 fully saturated rings. The van der Waals surface area contributed by atoms with Crippen LogP contribution in [-0.4, -0.2) is 392 Å². The monoisotopic (exact) mass is 1730 g/mol. The zero-order chi connectivity index (χ0) is 86.4. The van der Waals surface area contributed by atoms with Gasteiger partial charge < -0.3 is 126 Å². The number of carboxylic acid groups (broad SMARTS) is 1. The number of carbonyl (C=O) groups excluding carboxylic acids is 1. The first-order valence-corrected chi connectivity index (χ1v) is 43.8. The molecule has 6 aromatic rings. The number of hydrogen-bond acceptors (Lipinski definition) is 33. The number of carboxylic acids is 1. The van der Waals surface area contributed by atoms with E-state index in [0.717, 1.165) is 148 Å². The van der Waals surface area contributed by atoms with Gasteiger partial charge in [0.05, 0.1) is 288 Å². The summed E-state index contributed by atoms with van der Waals surface area (Å²) < 4.78 is 120. The van der Waals surface area contributed by atoms with Crippen molar-refractivity contribution >= 4 is 78.6 Å². The third-order valence-corrected chi connectivity index (χ3v) is 19.1. The standard InChI is InChI=1S/C45H76N6O12.C41H68N6O12/c1-5-6-10-51-37-40-39-8-7-38(36-41(39)47-44(46)43(40)48-51)50-13-11-49(12-14-50)15-17-54-19-21-56-23-25-58-27-29-60-31-33-62-35-34-61-32-30-59-28-26-57-24-22-55-20-18-53-16-9-42(52)63-45(2,3)4;1-2-3-7-47-34-37-36-5-4-35(33-38(36)43-41(42)40(37)44-47)46-10-8-45(9-11-46)12-14-51-16-18-53-20-22-55-24-26-57-28-30-59-32-31-58-29-27-56-25-23-54-21-19-52-17-15-50-13-6-39(48)49/h7-8,36-37H,5-6,9-35H2,1-4H3,(H2,46,47);4-5,33-34H,2-3,6-32H2,1H3,(H2,42,43)(H,48,49). The molecule has 36 heteroatoms. The number of aryl methyl sites for hydroxylation is 2. The molecule has 122 heavy (non-hydrogen) atoms. The number of anilines is 4. The molecule has 0 bridgehead atoms. The Kier molecular flexibility index (Phi) is 54.7. The van der Waals surface area contributed by atoms with Crippen molar-refractivity contribution in [2.24, 2.45) is 0 Å². The molecule has 2 aliphatic heterocycles. The summed E-state index contributed by atoms with van der Waals surface area (Å²) in [4.78, 5) is 41.1. The molecule has 8 rings (SSSR count). The number of aliphatic carboxylic acids is 1. The number of benzene rings is 2. The molecule has 692 valence electrons. The van der Waals surface area contributed by atoms with E-state index in [0.29, 0.717) is 269 Å². The van der Waals surface area contributed by atoms with Crippen LogP contribution in [0, 0.1) is 0 Å². The van der Waals surface area contributed by atoms with Crippen molar-refractivity contribution in [2.45, 2.75) is 91.8 Å². The van der Waals surface area contributed by atoms with Crippen LogP contribution in [0.5, 0.6) is 0 Å². The third kappa shape index (κ3) is 45.1. The van der Waals surface area contributed by atoms with E-state index in [1.807, 2.05) is 30.1 Å². The average Bonchev–Trinajstić information content (AvgIpc) is 1.56. The molecular formula is C86H144N12O24. The fourth-order valence-corrected chi connectivity index (χ4v) is 12.6. The summed E-state index contributed by atoms with van der Waals surface area (Å²) in [6.45, 7) is 40.6. The van der Waals surface area contributed by atoms with Crippen molar-refractivity contribution in [1.82, 2.24) is 39.3 Å². The van der Waals surface area contributed by atoms with Gasteiger partial charge in [0.15, 0.2) is 11.6 Å². The predicted molar refractivity (Wildman–Crippen MR) is 465 cm³/mol. The second-order valence-corrected chi connectivity index (χ2v) is 29.8. The lowest BCUT2D eigenvalue weighted by atomic mass is 10.1. The van der Waals surface area contributed by atoms with Crippen LogP contribution in [0.25, 0.3) is 43.6 Å². The number of hydrogen-bond donors (Lipinski definition) is 3. The summed E-state index contributed by atoms with van der Waals surface area (Å²) in [5, 5.41) is 22.2. The fourth-order valence-electron chi connectivity index (χ4n) is 12.6. The van der Waals surface area contributed by atoms with Gasteiger partial charge in [-0.3, -0.25) is 28.8 Å². The smallest absolute Gasteiger partial charge is 0.308 e. The average molecular weight is 1730 g/mol. The minimum atomic E-state index is -0.874. The first-order valence-electron chi connectivity index (χ1n) is 43.8. The molecule has 0 radical (unpaired) electrons. The topological polar surface area (TPSA) is 375 Å². The molecule has 0 amide bonds. The van der Waals surface area contributed by atoms with E-state index >= 15 is 0 Å². The molecule has 2 saturated heterocycles. The fraction of sp³-hybridized carbons (Fsp3) is 0.744. The second-order valence-electron chi connectivity index (χ2n) is 29.8. The van der Waals surface area contributed by atoms with Gasteiger partial charge in [-0.2, -0.15) is 10.2 Å². The van der Waals surface area contributed by atoms with Crippen molar-refractivity contribution in [3.63, 3.8) is 0 Å². The summed E-state index contributed by atoms with van der Waals surface area (Å²) >= 11 is 0. The maximum atomic E-state index is 11.6. The van der Waals surface area contributed by atoms with Crippen LogP contribution in [0.1, 0.15) is 73.1 Å². The highest BCUT2D eigenvalue weighted by atomic mass is 16.6. The van der Waals surface area contributed by atoms with Gasteiger partial charge in [-0.25, -0.2) is 9.97 Å². The number of pyridine rings is 2. The number of rotatable bonds is 74. The number of unbranched alkanes of at least 4 members (excludes halogenated alkanes) is 2. The van der Waals surface area contributed by atoms with E-state index in [1.54, 1.807) is 0 Å². The Morgan fingerprint density at radius 2 is 0.598 bits per heavy atom. The molecule has 0 spiro atoms. The van der Waals surface area contributed by atoms with Crippen LogP contribution in [0.4, 0.5) is 23.0 Å². The summed E-state index contributed by atoms with van der Waals surface area (Å²) in [5.41, 5.74) is 17.9. The Bertz CT molecular complexity index is 3660. The van der Waals surface area contributed by atoms with Crippen molar-refractivity contribution in [1.29, 1.82) is 0 Å². The molecule has 0 saturated carbocycles. The first kappa shape index (κ1) is 103. The highest BCUT2D eigenvalue weighted by Crippen LogP contribution is 2.32. The zero-order valence-electron chi connectivity index (χ0n) is 73.6. The SMILES string of the molecule is CCCCn1cc2c(n1)c(N)nc1cc(N3CCN(CCOCCOCCOCCOCCOCCOCCOCCOCCOCCOCCC(=O)O)CC3)ccc12.CCCCn1cc2c(n1)c(N)nc1cc(N3CCN(CCOCCOCCOCCOCCOCCOCCOCCOCCOCCOCCC(=O)OC(C)(C)C)CC3)ccc12. The number of piperazine rings is 2. The van der Waals surface area contributed by atoms with Crippen LogP contribution in [0.3, 0.4) is 0 Å². The number of carbonyl (C=O) groups is 2. The van der Waals surface area contributed by atoms with Gasteiger partial charge in [0.1, 0.15) is 16.6 Å². The lowest BCUT2D eigenvalue weighted by molar-refractivity contribution is -0.156. The Morgan fingerprint density at radius 3 is 0.852 bits per heavy atom. The maximum absolute atomic E-state index is 11.6. The first-order chi connectivity index (χ1) is 59.8. The van der Waals surface area contributed by atoms with Gasteiger partial charge in [0.2, 0.25) is 0 Å². The Hall–Kier alpha value is -6.54. The van der Waals surface area contributed by atoms with Crippen molar-refractivity contribution in [3.05, 3.63) is 48.8 Å². The molecular weight excluding hydrogens is 1590 g/mol. The van der Waals surface area contributed by atoms with E-state index in [2.05, 4.69) is 92.4 Å². The number of nitrogen functional groups attached to an aromatic ring is 2. The van der Waals surface area contributed by atoms with Crippen LogP contribution < -0.4 is 21.3 Å². The zero-order valence-corrected chi connectivity index (χ0v) is 73.6. The van der Waals surface area contributed by atoms with Crippen LogP contribution >= 0.6 is 0 Å². The van der Waals surface area contributed by atoms with Crippen molar-refractivity contribution in [3.8, 4) is 0 Å². The number of ether oxygens (including phenoxy) is 21. The second kappa shape index (κ2) is 65.1.